The average Bonchev–Trinajstić information content (AvgIpc) is 4.15. The Balaban J connectivity index is 1.14. The fourth-order valence-corrected chi connectivity index (χ4v) is 13.6. The maximum atomic E-state index is 7.49. The van der Waals surface area contributed by atoms with Crippen molar-refractivity contribution in [2.45, 2.75) is 110 Å². The van der Waals surface area contributed by atoms with Gasteiger partial charge >= 0.3 is 0 Å². The van der Waals surface area contributed by atoms with Crippen LogP contribution in [0.25, 0.3) is 49.6 Å². The molecule has 2 aliphatic carbocycles. The van der Waals surface area contributed by atoms with Crippen molar-refractivity contribution >= 4 is 90.2 Å². The van der Waals surface area contributed by atoms with Crippen LogP contribution in [0.15, 0.2) is 168 Å². The molecule has 4 nitrogen and oxygen atoms in total. The number of hydrogen-bond acceptors (Lipinski definition) is 3. The van der Waals surface area contributed by atoms with Crippen LogP contribution in [-0.2, 0) is 21.7 Å². The predicted octanol–water partition coefficient (Wildman–Crippen LogP) is 16.3. The van der Waals surface area contributed by atoms with Gasteiger partial charge in [0.1, 0.15) is 5.58 Å². The molecular weight excluding hydrogens is 874 g/mol. The van der Waals surface area contributed by atoms with Gasteiger partial charge in [-0.3, -0.25) is 0 Å². The van der Waals surface area contributed by atoms with Crippen molar-refractivity contribution in [3.8, 4) is 16.8 Å². The van der Waals surface area contributed by atoms with Gasteiger partial charge in [-0.25, -0.2) is 0 Å². The smallest absolute Gasteiger partial charge is 0.297 e. The highest BCUT2D eigenvalue weighted by Crippen LogP contribution is 2.61. The third kappa shape index (κ3) is 6.06. The van der Waals surface area contributed by atoms with Crippen molar-refractivity contribution in [2.75, 3.05) is 9.80 Å². The lowest BCUT2D eigenvalue weighted by Gasteiger charge is -2.40. The Kier molecular flexibility index (Phi) is 9.02. The number of para-hydroxylation sites is 2. The Labute approximate surface area is 425 Å². The van der Waals surface area contributed by atoms with Crippen molar-refractivity contribution in [3.63, 3.8) is 0 Å². The third-order valence-electron chi connectivity index (χ3n) is 17.2. The van der Waals surface area contributed by atoms with E-state index in [-0.39, 0.29) is 28.4 Å². The second-order valence-corrected chi connectivity index (χ2v) is 24.5. The molecule has 1 spiro atoms. The van der Waals surface area contributed by atoms with Crippen molar-refractivity contribution in [2.24, 2.45) is 0 Å². The van der Waals surface area contributed by atoms with E-state index in [1.807, 2.05) is 0 Å². The molecule has 72 heavy (non-hydrogen) atoms. The van der Waals surface area contributed by atoms with Crippen LogP contribution >= 0.6 is 0 Å². The van der Waals surface area contributed by atoms with Crippen LogP contribution in [0, 0.1) is 0 Å². The number of fused-ring (bicyclic) bond motifs is 14. The Morgan fingerprint density at radius 2 is 1.11 bits per heavy atom. The minimum Gasteiger partial charge on any atom is -0.468 e. The van der Waals surface area contributed by atoms with E-state index < -0.39 is 0 Å². The molecule has 4 aliphatic rings. The summed E-state index contributed by atoms with van der Waals surface area (Å²) in [5.41, 5.74) is 24.6. The van der Waals surface area contributed by atoms with Crippen LogP contribution in [0.3, 0.4) is 0 Å². The highest BCUT2D eigenvalue weighted by Gasteiger charge is 2.50. The monoisotopic (exact) mass is 935 g/mol. The molecule has 8 aromatic carbocycles. The predicted molar refractivity (Wildman–Crippen MR) is 305 cm³/mol. The lowest BCUT2D eigenvalue weighted by Crippen LogP contribution is -2.60. The second kappa shape index (κ2) is 14.9. The Morgan fingerprint density at radius 3 is 1.81 bits per heavy atom. The van der Waals surface area contributed by atoms with Crippen molar-refractivity contribution in [1.29, 1.82) is 0 Å². The molecule has 2 aromatic heterocycles. The summed E-state index contributed by atoms with van der Waals surface area (Å²) < 4.78 is 10.1. The number of hydrogen-bond donors (Lipinski definition) is 0. The van der Waals surface area contributed by atoms with Crippen LogP contribution in [0.1, 0.15) is 116 Å². The summed E-state index contributed by atoms with van der Waals surface area (Å²) in [5, 5.41) is 3.68. The van der Waals surface area contributed by atoms with Crippen molar-refractivity contribution < 1.29 is 4.42 Å². The standard InChI is InChI=1S/C67H62BN3O/c1-64(2,3)41-26-31-44(32-27-41)69(45-33-28-42(29-34-45)65(4,5)6)46-39-56-60-57(40-46)71(55-25-17-22-52-59(55)49-19-10-12-21-51(49)67(52)36-14-15-37-67)62-50-38-43(66(7,8)9)30-35-58(50)72-63(62)68(60)53-23-16-20-48-47-18-11-13-24-54(47)70(56)61(48)53/h10-13,16-35,38-40H,14-15,36-37H2,1-9H3. The zero-order valence-electron chi connectivity index (χ0n) is 43.2. The fraction of sp³-hybridized carbons (Fsp3) is 0.254. The molecule has 0 amide bonds. The third-order valence-corrected chi connectivity index (χ3v) is 17.2. The number of anilines is 6. The lowest BCUT2D eigenvalue weighted by molar-refractivity contribution is 0.550. The number of furan rings is 1. The molecular formula is C67H62BN3O. The van der Waals surface area contributed by atoms with Crippen LogP contribution in [-0.4, -0.2) is 11.3 Å². The van der Waals surface area contributed by atoms with Gasteiger partial charge in [0.25, 0.3) is 6.71 Å². The summed E-state index contributed by atoms with van der Waals surface area (Å²) in [4.78, 5) is 5.17. The highest BCUT2D eigenvalue weighted by atomic mass is 16.3. The molecule has 1 saturated carbocycles. The molecule has 1 fully saturated rings. The minimum absolute atomic E-state index is 0.00602. The first-order valence-corrected chi connectivity index (χ1v) is 26.4. The molecule has 4 heterocycles. The van der Waals surface area contributed by atoms with E-state index in [2.05, 4.69) is 240 Å². The number of aromatic nitrogens is 1. The van der Waals surface area contributed by atoms with Gasteiger partial charge in [0, 0.05) is 55.4 Å². The molecule has 10 aromatic rings. The molecule has 5 heteroatoms. The van der Waals surface area contributed by atoms with Gasteiger partial charge < -0.3 is 18.8 Å². The topological polar surface area (TPSA) is 24.6 Å². The van der Waals surface area contributed by atoms with Gasteiger partial charge in [0.2, 0.25) is 0 Å². The second-order valence-electron chi connectivity index (χ2n) is 24.5. The van der Waals surface area contributed by atoms with Gasteiger partial charge in [-0.15, -0.1) is 0 Å². The van der Waals surface area contributed by atoms with Crippen LogP contribution in [0.5, 0.6) is 0 Å². The largest absolute Gasteiger partial charge is 0.468 e. The lowest BCUT2D eigenvalue weighted by atomic mass is 9.36. The van der Waals surface area contributed by atoms with E-state index in [0.717, 1.165) is 39.4 Å². The average molecular weight is 936 g/mol. The summed E-state index contributed by atoms with van der Waals surface area (Å²) >= 11 is 0. The Bertz CT molecular complexity index is 3820. The first-order valence-electron chi connectivity index (χ1n) is 26.4. The van der Waals surface area contributed by atoms with Crippen molar-refractivity contribution in [1.82, 2.24) is 4.57 Å². The molecule has 354 valence electrons. The van der Waals surface area contributed by atoms with Crippen molar-refractivity contribution in [3.05, 3.63) is 192 Å². The summed E-state index contributed by atoms with van der Waals surface area (Å²) in [6, 6.07) is 63.2. The Morgan fingerprint density at radius 1 is 0.514 bits per heavy atom. The zero-order chi connectivity index (χ0) is 49.2. The molecule has 0 bridgehead atoms. The highest BCUT2D eigenvalue weighted by molar-refractivity contribution is 7.00. The number of benzene rings is 8. The number of rotatable bonds is 4. The summed E-state index contributed by atoms with van der Waals surface area (Å²) in [5.74, 6) is 0. The molecule has 14 rings (SSSR count). The minimum atomic E-state index is -0.155. The van der Waals surface area contributed by atoms with Crippen LogP contribution in [0.2, 0.25) is 0 Å². The van der Waals surface area contributed by atoms with E-state index in [9.17, 15) is 0 Å². The molecule has 0 saturated heterocycles. The summed E-state index contributed by atoms with van der Waals surface area (Å²) in [6.45, 7) is 20.6. The number of nitrogens with zero attached hydrogens (tertiary/aromatic N) is 3. The molecule has 0 radical (unpaired) electrons. The first kappa shape index (κ1) is 43.5. The maximum Gasteiger partial charge on any atom is 0.297 e. The van der Waals surface area contributed by atoms with Crippen LogP contribution in [0.4, 0.5) is 34.1 Å². The van der Waals surface area contributed by atoms with Gasteiger partial charge in [-0.2, -0.15) is 0 Å². The maximum absolute atomic E-state index is 7.49. The van der Waals surface area contributed by atoms with Gasteiger partial charge in [0.15, 0.2) is 0 Å². The molecule has 0 N–H and O–H groups in total. The van der Waals surface area contributed by atoms with E-state index in [1.54, 1.807) is 0 Å². The quantitative estimate of drug-likeness (QED) is 0.164. The molecule has 0 unspecified atom stereocenters. The summed E-state index contributed by atoms with van der Waals surface area (Å²) in [6.07, 6.45) is 4.83. The Hall–Kier alpha value is -7.24. The van der Waals surface area contributed by atoms with Gasteiger partial charge in [-0.1, -0.05) is 178 Å². The van der Waals surface area contributed by atoms with E-state index in [4.69, 9.17) is 4.42 Å². The van der Waals surface area contributed by atoms with E-state index in [1.165, 1.54) is 114 Å². The zero-order valence-corrected chi connectivity index (χ0v) is 43.2. The molecule has 2 aliphatic heterocycles. The normalized spacial score (nSPS) is 15.4. The molecule has 0 atom stereocenters. The fourth-order valence-electron chi connectivity index (χ4n) is 13.6. The summed E-state index contributed by atoms with van der Waals surface area (Å²) in [7, 11) is 0. The SMILES string of the molecule is CC(C)(C)c1ccc(N(c2ccc(C(C)(C)C)cc2)c2cc3c4c(c2)-n2c5ccccc5c5cccc(c52)B4c2oc4ccc(C(C)(C)C)cc4c2N3c2cccc3c2-c2ccccc2C32CCCC2)cc1. The van der Waals surface area contributed by atoms with Gasteiger partial charge in [0.05, 0.1) is 28.2 Å². The van der Waals surface area contributed by atoms with Gasteiger partial charge in [-0.05, 0) is 134 Å². The van der Waals surface area contributed by atoms with E-state index in [0.29, 0.717) is 0 Å². The first-order chi connectivity index (χ1) is 34.6. The van der Waals surface area contributed by atoms with Crippen LogP contribution < -0.4 is 26.4 Å². The van der Waals surface area contributed by atoms with E-state index >= 15 is 0 Å².